The quantitative estimate of drug-likeness (QED) is 0.920. The van der Waals surface area contributed by atoms with E-state index in [2.05, 4.69) is 10.00 Å². The zero-order valence-electron chi connectivity index (χ0n) is 13.6. The summed E-state index contributed by atoms with van der Waals surface area (Å²) in [6.07, 6.45) is 9.40. The molecule has 0 unspecified atom stereocenters. The van der Waals surface area contributed by atoms with E-state index in [9.17, 15) is 9.90 Å². The van der Waals surface area contributed by atoms with Crippen LogP contribution in [0.3, 0.4) is 0 Å². The molecule has 1 aliphatic heterocycles. The zero-order chi connectivity index (χ0) is 16.6. The van der Waals surface area contributed by atoms with Gasteiger partial charge in [-0.1, -0.05) is 0 Å². The molecule has 3 heterocycles. The largest absolute Gasteiger partial charge is 0.479 e. The average molecular weight is 346 g/mol. The molecule has 1 fully saturated rings. The van der Waals surface area contributed by atoms with Crippen LogP contribution in [-0.4, -0.2) is 43.8 Å². The van der Waals surface area contributed by atoms with Gasteiger partial charge in [0, 0.05) is 30.4 Å². The summed E-state index contributed by atoms with van der Waals surface area (Å²) in [7, 11) is 0. The van der Waals surface area contributed by atoms with Crippen molar-refractivity contribution in [1.82, 2.24) is 19.7 Å². The number of aromatic nitrogens is 3. The fourth-order valence-electron chi connectivity index (χ4n) is 3.81. The molecule has 4 rings (SSSR count). The molecule has 2 aliphatic rings. The number of carboxylic acid groups (broad SMARTS) is 1. The third-order valence-corrected chi connectivity index (χ3v) is 6.42. The fraction of sp³-hybridized carbons (Fsp3) is 0.588. The van der Waals surface area contributed by atoms with E-state index in [1.165, 1.54) is 34.8 Å². The first kappa shape index (κ1) is 15.8. The normalized spacial score (nSPS) is 20.7. The van der Waals surface area contributed by atoms with Crippen LogP contribution in [0.25, 0.3) is 0 Å². The van der Waals surface area contributed by atoms with Crippen molar-refractivity contribution < 1.29 is 9.90 Å². The molecule has 2 aromatic heterocycles. The molecule has 0 amide bonds. The third-order valence-electron chi connectivity index (χ3n) is 5.27. The first-order valence-electron chi connectivity index (χ1n) is 8.61. The Morgan fingerprint density at radius 2 is 2.08 bits per heavy atom. The van der Waals surface area contributed by atoms with Crippen LogP contribution in [0.5, 0.6) is 0 Å². The molecule has 0 aromatic carbocycles. The third kappa shape index (κ3) is 2.75. The Hall–Kier alpha value is -1.73. The Morgan fingerprint density at radius 1 is 1.29 bits per heavy atom. The van der Waals surface area contributed by atoms with Gasteiger partial charge in [-0.2, -0.15) is 5.10 Å². The van der Waals surface area contributed by atoms with E-state index in [1.54, 1.807) is 23.1 Å². The average Bonchev–Trinajstić information content (AvgIpc) is 3.24. The Balaban J connectivity index is 1.44. The number of rotatable bonds is 4. The number of fused-ring (bicyclic) bond motifs is 1. The SMILES string of the molecule is O=C(O)C1(n2cccn2)CCN(Cc2nc3c(s2)CCCC3)CC1. The Bertz CT molecular complexity index is 694. The predicted octanol–water partition coefficient (Wildman–Crippen LogP) is 2.29. The van der Waals surface area contributed by atoms with Crippen molar-refractivity contribution >= 4 is 17.3 Å². The smallest absolute Gasteiger partial charge is 0.331 e. The van der Waals surface area contributed by atoms with Crippen LogP contribution in [0.4, 0.5) is 0 Å². The van der Waals surface area contributed by atoms with E-state index in [1.807, 2.05) is 11.3 Å². The number of hydrogen-bond acceptors (Lipinski definition) is 5. The molecule has 128 valence electrons. The van der Waals surface area contributed by atoms with Gasteiger partial charge in [-0.05, 0) is 44.6 Å². The van der Waals surface area contributed by atoms with Gasteiger partial charge in [0.05, 0.1) is 12.2 Å². The highest BCUT2D eigenvalue weighted by molar-refractivity contribution is 7.11. The number of carboxylic acids is 1. The zero-order valence-corrected chi connectivity index (χ0v) is 14.5. The minimum atomic E-state index is -0.901. The number of aryl methyl sites for hydroxylation is 2. The Labute approximate surface area is 145 Å². The molecule has 1 saturated heterocycles. The van der Waals surface area contributed by atoms with Gasteiger partial charge < -0.3 is 5.11 Å². The van der Waals surface area contributed by atoms with Crippen LogP contribution in [0.2, 0.25) is 0 Å². The maximum atomic E-state index is 11.9. The van der Waals surface area contributed by atoms with Gasteiger partial charge >= 0.3 is 5.97 Å². The highest BCUT2D eigenvalue weighted by atomic mass is 32.1. The molecule has 0 radical (unpaired) electrons. The van der Waals surface area contributed by atoms with Crippen molar-refractivity contribution in [3.05, 3.63) is 34.0 Å². The van der Waals surface area contributed by atoms with E-state index >= 15 is 0 Å². The van der Waals surface area contributed by atoms with Gasteiger partial charge in [-0.3, -0.25) is 9.58 Å². The van der Waals surface area contributed by atoms with E-state index in [0.717, 1.165) is 26.1 Å². The van der Waals surface area contributed by atoms with E-state index in [-0.39, 0.29) is 0 Å². The molecule has 7 heteroatoms. The first-order chi connectivity index (χ1) is 11.7. The van der Waals surface area contributed by atoms with Crippen LogP contribution >= 0.6 is 11.3 Å². The monoisotopic (exact) mass is 346 g/mol. The van der Waals surface area contributed by atoms with Crippen LogP contribution in [0, 0.1) is 0 Å². The maximum Gasteiger partial charge on any atom is 0.331 e. The second-order valence-corrected chi connectivity index (χ2v) is 7.92. The van der Waals surface area contributed by atoms with Crippen LogP contribution < -0.4 is 0 Å². The highest BCUT2D eigenvalue weighted by Crippen LogP contribution is 2.32. The van der Waals surface area contributed by atoms with Crippen LogP contribution in [0.1, 0.15) is 41.3 Å². The number of hydrogen-bond donors (Lipinski definition) is 1. The van der Waals surface area contributed by atoms with Gasteiger partial charge in [-0.25, -0.2) is 9.78 Å². The molecule has 24 heavy (non-hydrogen) atoms. The summed E-state index contributed by atoms with van der Waals surface area (Å²) in [6.45, 7) is 2.36. The second-order valence-electron chi connectivity index (χ2n) is 6.75. The lowest BCUT2D eigenvalue weighted by Gasteiger charge is -2.38. The van der Waals surface area contributed by atoms with E-state index in [4.69, 9.17) is 4.98 Å². The molecule has 0 saturated carbocycles. The molecule has 0 spiro atoms. The summed E-state index contributed by atoms with van der Waals surface area (Å²) >= 11 is 1.85. The summed E-state index contributed by atoms with van der Waals surface area (Å²) in [5.74, 6) is -0.782. The van der Waals surface area contributed by atoms with Crippen molar-refractivity contribution in [2.24, 2.45) is 0 Å². The lowest BCUT2D eigenvalue weighted by molar-refractivity contribution is -0.151. The van der Waals surface area contributed by atoms with Crippen molar-refractivity contribution in [1.29, 1.82) is 0 Å². The number of nitrogens with zero attached hydrogens (tertiary/aromatic N) is 4. The van der Waals surface area contributed by atoms with E-state index < -0.39 is 11.5 Å². The summed E-state index contributed by atoms with van der Waals surface area (Å²) in [5.41, 5.74) is 0.400. The highest BCUT2D eigenvalue weighted by Gasteiger charge is 2.44. The number of thiazole rings is 1. The first-order valence-corrected chi connectivity index (χ1v) is 9.42. The molecular formula is C17H22N4O2S. The fourth-order valence-corrected chi connectivity index (χ4v) is 5.01. The molecule has 0 atom stereocenters. The minimum Gasteiger partial charge on any atom is -0.479 e. The van der Waals surface area contributed by atoms with Crippen molar-refractivity contribution in [3.63, 3.8) is 0 Å². The van der Waals surface area contributed by atoms with Gasteiger partial charge in [0.2, 0.25) is 0 Å². The van der Waals surface area contributed by atoms with E-state index in [0.29, 0.717) is 12.8 Å². The Morgan fingerprint density at radius 3 is 2.75 bits per heavy atom. The van der Waals surface area contributed by atoms with Crippen molar-refractivity contribution in [2.45, 2.75) is 50.6 Å². The lowest BCUT2D eigenvalue weighted by atomic mass is 9.87. The summed E-state index contributed by atoms with van der Waals surface area (Å²) in [4.78, 5) is 20.5. The molecule has 1 N–H and O–H groups in total. The summed E-state index contributed by atoms with van der Waals surface area (Å²) < 4.78 is 1.62. The van der Waals surface area contributed by atoms with Gasteiger partial charge in [0.25, 0.3) is 0 Å². The van der Waals surface area contributed by atoms with Crippen molar-refractivity contribution in [2.75, 3.05) is 13.1 Å². The van der Waals surface area contributed by atoms with Crippen molar-refractivity contribution in [3.8, 4) is 0 Å². The number of carbonyl (C=O) groups is 1. The van der Waals surface area contributed by atoms with Gasteiger partial charge in [0.1, 0.15) is 5.01 Å². The van der Waals surface area contributed by atoms with Gasteiger partial charge in [0.15, 0.2) is 5.54 Å². The predicted molar refractivity (Wildman–Crippen MR) is 91.1 cm³/mol. The van der Waals surface area contributed by atoms with Crippen LogP contribution in [0.15, 0.2) is 18.5 Å². The lowest BCUT2D eigenvalue weighted by Crippen LogP contribution is -2.51. The molecular weight excluding hydrogens is 324 g/mol. The second kappa shape index (κ2) is 6.29. The van der Waals surface area contributed by atoms with Crippen LogP contribution in [-0.2, 0) is 29.7 Å². The molecule has 2 aromatic rings. The molecule has 0 bridgehead atoms. The number of piperidine rings is 1. The molecule has 1 aliphatic carbocycles. The maximum absolute atomic E-state index is 11.9. The van der Waals surface area contributed by atoms with Gasteiger partial charge in [-0.15, -0.1) is 11.3 Å². The summed E-state index contributed by atoms with van der Waals surface area (Å²) in [5, 5.41) is 15.1. The standard InChI is InChI=1S/C17H22N4O2S/c22-16(23)17(21-9-3-8-18-21)6-10-20(11-7-17)12-15-19-13-4-1-2-5-14(13)24-15/h3,8-9H,1-2,4-7,10-12H2,(H,22,23). The number of likely N-dealkylation sites (tertiary alicyclic amines) is 1. The topological polar surface area (TPSA) is 71.2 Å². The minimum absolute atomic E-state index is 0.578. The molecule has 6 nitrogen and oxygen atoms in total. The Kier molecular flexibility index (Phi) is 4.14. The number of aliphatic carboxylic acids is 1. The summed E-state index contributed by atoms with van der Waals surface area (Å²) in [6, 6.07) is 1.79.